The molecule has 1 atom stereocenters. The molecule has 0 spiro atoms. The zero-order chi connectivity index (χ0) is 16.2. The van der Waals surface area contributed by atoms with Crippen LogP contribution in [0, 0.1) is 5.92 Å². The Kier molecular flexibility index (Phi) is 4.83. The van der Waals surface area contributed by atoms with Crippen LogP contribution in [0.2, 0.25) is 0 Å². The predicted octanol–water partition coefficient (Wildman–Crippen LogP) is 1.05. The minimum absolute atomic E-state index is 0.0758. The van der Waals surface area contributed by atoms with Crippen molar-refractivity contribution in [3.63, 3.8) is 0 Å². The molecule has 2 N–H and O–H groups in total. The van der Waals surface area contributed by atoms with Gasteiger partial charge in [0.2, 0.25) is 5.91 Å². The van der Waals surface area contributed by atoms with E-state index in [1.807, 2.05) is 21.8 Å². The van der Waals surface area contributed by atoms with Gasteiger partial charge in [-0.1, -0.05) is 0 Å². The molecular formula is C16H25N5O2. The number of nitrogens with two attached hydrogens (primary N) is 1. The molecule has 0 aliphatic carbocycles. The summed E-state index contributed by atoms with van der Waals surface area (Å²) in [4.78, 5) is 27.5. The van der Waals surface area contributed by atoms with Crippen molar-refractivity contribution < 1.29 is 9.59 Å². The maximum absolute atomic E-state index is 12.6. The standard InChI is InChI=1S/C16H25N5O2/c17-16(23)21-9-1-3-14(21)15(22)19-10-4-13(5-11-19)6-12-20-8-2-7-18-20/h2,7-8,13-14H,1,3-6,9-12H2,(H2,17,23)/t14-/m0/s1. The maximum Gasteiger partial charge on any atom is 0.315 e. The maximum atomic E-state index is 12.6. The van der Waals surface area contributed by atoms with E-state index in [0.717, 1.165) is 51.7 Å². The second kappa shape index (κ2) is 7.02. The molecule has 3 amide bonds. The largest absolute Gasteiger partial charge is 0.351 e. The number of hydrogen-bond donors (Lipinski definition) is 1. The van der Waals surface area contributed by atoms with Crippen LogP contribution in [0.5, 0.6) is 0 Å². The number of amides is 3. The topological polar surface area (TPSA) is 84.5 Å². The zero-order valence-corrected chi connectivity index (χ0v) is 13.4. The first kappa shape index (κ1) is 15.8. The van der Waals surface area contributed by atoms with Crippen molar-refractivity contribution in [3.05, 3.63) is 18.5 Å². The van der Waals surface area contributed by atoms with Gasteiger partial charge in [-0.25, -0.2) is 4.79 Å². The van der Waals surface area contributed by atoms with Crippen LogP contribution < -0.4 is 5.73 Å². The van der Waals surface area contributed by atoms with E-state index in [4.69, 9.17) is 5.73 Å². The van der Waals surface area contributed by atoms with Crippen LogP contribution in [0.4, 0.5) is 4.79 Å². The van der Waals surface area contributed by atoms with Crippen molar-refractivity contribution in [3.8, 4) is 0 Å². The number of likely N-dealkylation sites (tertiary alicyclic amines) is 2. The molecule has 2 saturated heterocycles. The van der Waals surface area contributed by atoms with Crippen LogP contribution in [0.3, 0.4) is 0 Å². The second-order valence-corrected chi connectivity index (χ2v) is 6.52. The van der Waals surface area contributed by atoms with E-state index in [2.05, 4.69) is 5.10 Å². The number of carbonyl (C=O) groups excluding carboxylic acids is 2. The fourth-order valence-corrected chi connectivity index (χ4v) is 3.69. The smallest absolute Gasteiger partial charge is 0.315 e. The van der Waals surface area contributed by atoms with E-state index in [-0.39, 0.29) is 11.9 Å². The lowest BCUT2D eigenvalue weighted by Gasteiger charge is -2.35. The van der Waals surface area contributed by atoms with Crippen LogP contribution in [0.15, 0.2) is 18.5 Å². The van der Waals surface area contributed by atoms with E-state index < -0.39 is 6.03 Å². The molecule has 0 saturated carbocycles. The molecule has 0 bridgehead atoms. The predicted molar refractivity (Wildman–Crippen MR) is 85.5 cm³/mol. The number of rotatable bonds is 4. The van der Waals surface area contributed by atoms with Gasteiger partial charge in [-0.15, -0.1) is 0 Å². The molecule has 7 nitrogen and oxygen atoms in total. The minimum Gasteiger partial charge on any atom is -0.351 e. The molecule has 7 heteroatoms. The molecule has 126 valence electrons. The summed E-state index contributed by atoms with van der Waals surface area (Å²) in [5, 5.41) is 4.22. The Bertz CT molecular complexity index is 537. The van der Waals surface area contributed by atoms with Crippen LogP contribution in [-0.2, 0) is 11.3 Å². The van der Waals surface area contributed by atoms with E-state index in [1.54, 1.807) is 6.20 Å². The van der Waals surface area contributed by atoms with Crippen LogP contribution in [-0.4, -0.2) is 57.2 Å². The third kappa shape index (κ3) is 3.65. The molecule has 2 aliphatic heterocycles. The second-order valence-electron chi connectivity index (χ2n) is 6.52. The fraction of sp³-hybridized carbons (Fsp3) is 0.688. The Morgan fingerprint density at radius 3 is 2.61 bits per heavy atom. The van der Waals surface area contributed by atoms with Gasteiger partial charge >= 0.3 is 6.03 Å². The van der Waals surface area contributed by atoms with Crippen LogP contribution in [0.25, 0.3) is 0 Å². The zero-order valence-electron chi connectivity index (χ0n) is 13.4. The number of carbonyl (C=O) groups is 2. The number of hydrogen-bond acceptors (Lipinski definition) is 3. The molecule has 0 aromatic carbocycles. The van der Waals surface area contributed by atoms with E-state index in [9.17, 15) is 9.59 Å². The van der Waals surface area contributed by atoms with E-state index in [1.165, 1.54) is 4.90 Å². The van der Waals surface area contributed by atoms with Gasteiger partial charge in [-0.3, -0.25) is 9.48 Å². The summed E-state index contributed by atoms with van der Waals surface area (Å²) >= 11 is 0. The molecule has 3 heterocycles. The molecular weight excluding hydrogens is 294 g/mol. The average molecular weight is 319 g/mol. The number of nitrogens with zero attached hydrogens (tertiary/aromatic N) is 4. The van der Waals surface area contributed by atoms with Crippen molar-refractivity contribution in [2.45, 2.75) is 44.7 Å². The van der Waals surface area contributed by atoms with Gasteiger partial charge in [-0.2, -0.15) is 5.10 Å². The van der Waals surface area contributed by atoms with Crippen molar-refractivity contribution in [2.75, 3.05) is 19.6 Å². The van der Waals surface area contributed by atoms with Crippen molar-refractivity contribution >= 4 is 11.9 Å². The first-order valence-corrected chi connectivity index (χ1v) is 8.47. The molecule has 2 fully saturated rings. The number of primary amides is 1. The van der Waals surface area contributed by atoms with Crippen LogP contribution in [0.1, 0.15) is 32.1 Å². The quantitative estimate of drug-likeness (QED) is 0.900. The van der Waals surface area contributed by atoms with Gasteiger partial charge in [0.15, 0.2) is 0 Å². The lowest BCUT2D eigenvalue weighted by molar-refractivity contribution is -0.136. The molecule has 3 rings (SSSR count). The van der Waals surface area contributed by atoms with Gasteiger partial charge in [0, 0.05) is 38.6 Å². The highest BCUT2D eigenvalue weighted by Gasteiger charge is 2.36. The minimum atomic E-state index is -0.477. The van der Waals surface area contributed by atoms with Gasteiger partial charge in [0.1, 0.15) is 6.04 Å². The summed E-state index contributed by atoms with van der Waals surface area (Å²) in [6.07, 6.45) is 8.53. The Morgan fingerprint density at radius 1 is 1.17 bits per heavy atom. The van der Waals surface area contributed by atoms with Crippen molar-refractivity contribution in [2.24, 2.45) is 11.7 Å². The van der Waals surface area contributed by atoms with Gasteiger partial charge in [0.25, 0.3) is 0 Å². The molecule has 23 heavy (non-hydrogen) atoms. The highest BCUT2D eigenvalue weighted by atomic mass is 16.2. The van der Waals surface area contributed by atoms with Crippen molar-refractivity contribution in [1.29, 1.82) is 0 Å². The lowest BCUT2D eigenvalue weighted by Crippen LogP contribution is -2.51. The molecule has 1 aromatic rings. The average Bonchev–Trinajstić information content (AvgIpc) is 3.24. The van der Waals surface area contributed by atoms with Crippen LogP contribution >= 0.6 is 0 Å². The SMILES string of the molecule is NC(=O)N1CCC[C@H]1C(=O)N1CCC(CCn2cccn2)CC1. The third-order valence-corrected chi connectivity index (χ3v) is 5.07. The molecule has 0 radical (unpaired) electrons. The first-order chi connectivity index (χ1) is 11.1. The molecule has 0 unspecified atom stereocenters. The fourth-order valence-electron chi connectivity index (χ4n) is 3.69. The molecule has 2 aliphatic rings. The van der Waals surface area contributed by atoms with Gasteiger partial charge in [-0.05, 0) is 44.1 Å². The van der Waals surface area contributed by atoms with Gasteiger partial charge < -0.3 is 15.5 Å². The Hall–Kier alpha value is -2.05. The highest BCUT2D eigenvalue weighted by Crippen LogP contribution is 2.25. The number of aryl methyl sites for hydroxylation is 1. The number of piperidine rings is 1. The number of aromatic nitrogens is 2. The summed E-state index contributed by atoms with van der Waals surface area (Å²) in [5.41, 5.74) is 5.37. The lowest BCUT2D eigenvalue weighted by atomic mass is 9.93. The number of urea groups is 1. The Morgan fingerprint density at radius 2 is 1.96 bits per heavy atom. The third-order valence-electron chi connectivity index (χ3n) is 5.07. The summed E-state index contributed by atoms with van der Waals surface area (Å²) in [6.45, 7) is 3.10. The summed E-state index contributed by atoms with van der Waals surface area (Å²) in [6, 6.07) is 1.12. The first-order valence-electron chi connectivity index (χ1n) is 8.47. The van der Waals surface area contributed by atoms with Gasteiger partial charge in [0.05, 0.1) is 0 Å². The summed E-state index contributed by atoms with van der Waals surface area (Å²) < 4.78 is 1.96. The Labute approximate surface area is 136 Å². The monoisotopic (exact) mass is 319 g/mol. The normalized spacial score (nSPS) is 22.5. The summed E-state index contributed by atoms with van der Waals surface area (Å²) in [5.74, 6) is 0.714. The van der Waals surface area contributed by atoms with E-state index in [0.29, 0.717) is 12.5 Å². The highest BCUT2D eigenvalue weighted by molar-refractivity contribution is 5.87. The van der Waals surface area contributed by atoms with Crippen molar-refractivity contribution in [1.82, 2.24) is 19.6 Å². The Balaban J connectivity index is 1.46. The summed E-state index contributed by atoms with van der Waals surface area (Å²) in [7, 11) is 0. The van der Waals surface area contributed by atoms with E-state index >= 15 is 0 Å². The molecule has 1 aromatic heterocycles.